The monoisotopic (exact) mass is 424 g/mol. The molecule has 0 aliphatic heterocycles. The normalized spacial score (nSPS) is 13.9. The maximum atomic E-state index is 12.8. The van der Waals surface area contributed by atoms with Gasteiger partial charge in [-0.25, -0.2) is 4.79 Å². The number of carbonyl (C=O) groups is 3. The van der Waals surface area contributed by atoms with Crippen molar-refractivity contribution in [3.63, 3.8) is 0 Å². The van der Waals surface area contributed by atoms with Crippen molar-refractivity contribution in [3.8, 4) is 0 Å². The molecule has 0 aromatic heterocycles. The molecular formula is C20H32N4O4S. The van der Waals surface area contributed by atoms with E-state index in [1.165, 1.54) is 0 Å². The Hall–Kier alpha value is -2.10. The van der Waals surface area contributed by atoms with Crippen molar-refractivity contribution in [2.24, 2.45) is 11.5 Å². The molecule has 0 radical (unpaired) electrons. The van der Waals surface area contributed by atoms with Crippen LogP contribution in [0.3, 0.4) is 0 Å². The molecule has 0 heterocycles. The average Bonchev–Trinajstić information content (AvgIpc) is 2.71. The Balaban J connectivity index is 2.86. The second-order valence-electron chi connectivity index (χ2n) is 6.82. The van der Waals surface area contributed by atoms with Gasteiger partial charge in [-0.1, -0.05) is 30.3 Å². The van der Waals surface area contributed by atoms with Gasteiger partial charge in [-0.2, -0.15) is 11.8 Å². The van der Waals surface area contributed by atoms with Crippen molar-refractivity contribution in [1.29, 1.82) is 0 Å². The van der Waals surface area contributed by atoms with Crippen LogP contribution in [0.5, 0.6) is 0 Å². The van der Waals surface area contributed by atoms with Gasteiger partial charge in [0.25, 0.3) is 0 Å². The molecule has 1 rings (SSSR count). The number of nitrogens with one attached hydrogen (secondary N) is 2. The van der Waals surface area contributed by atoms with E-state index in [1.54, 1.807) is 11.8 Å². The molecule has 0 aliphatic carbocycles. The Morgan fingerprint density at radius 3 is 2.28 bits per heavy atom. The molecule has 1 aromatic rings. The van der Waals surface area contributed by atoms with Crippen LogP contribution in [0.1, 0.15) is 31.2 Å². The smallest absolute Gasteiger partial charge is 0.326 e. The lowest BCUT2D eigenvalue weighted by atomic mass is 10.0. The summed E-state index contributed by atoms with van der Waals surface area (Å²) in [5.74, 6) is -1.35. The highest BCUT2D eigenvalue weighted by molar-refractivity contribution is 7.98. The van der Waals surface area contributed by atoms with Gasteiger partial charge < -0.3 is 27.2 Å². The molecule has 0 spiro atoms. The van der Waals surface area contributed by atoms with Crippen molar-refractivity contribution in [2.45, 2.75) is 50.2 Å². The molecule has 0 saturated carbocycles. The van der Waals surface area contributed by atoms with Crippen LogP contribution in [0.15, 0.2) is 30.3 Å². The molecular weight excluding hydrogens is 392 g/mol. The fourth-order valence-electron chi connectivity index (χ4n) is 2.74. The van der Waals surface area contributed by atoms with Gasteiger partial charge >= 0.3 is 5.97 Å². The number of carboxylic acid groups (broad SMARTS) is 1. The fraction of sp³-hybridized carbons (Fsp3) is 0.550. The van der Waals surface area contributed by atoms with E-state index < -0.39 is 35.9 Å². The number of rotatable bonds is 14. The number of carbonyl (C=O) groups excluding carboxylic acids is 2. The van der Waals surface area contributed by atoms with Crippen molar-refractivity contribution < 1.29 is 19.5 Å². The lowest BCUT2D eigenvalue weighted by molar-refractivity contribution is -0.142. The highest BCUT2D eigenvalue weighted by Crippen LogP contribution is 2.07. The van der Waals surface area contributed by atoms with Crippen molar-refractivity contribution in [1.82, 2.24) is 10.6 Å². The number of thioether (sulfide) groups is 1. The number of aliphatic carboxylic acids is 1. The summed E-state index contributed by atoms with van der Waals surface area (Å²) in [6.07, 6.45) is 4.19. The first-order chi connectivity index (χ1) is 13.9. The first-order valence-corrected chi connectivity index (χ1v) is 11.1. The number of unbranched alkanes of at least 4 members (excludes halogenated alkanes) is 1. The molecule has 0 saturated heterocycles. The number of hydrogen-bond acceptors (Lipinski definition) is 6. The summed E-state index contributed by atoms with van der Waals surface area (Å²) in [4.78, 5) is 36.7. The first-order valence-electron chi connectivity index (χ1n) is 9.71. The van der Waals surface area contributed by atoms with Gasteiger partial charge in [0.15, 0.2) is 0 Å². The minimum absolute atomic E-state index is 0.239. The summed E-state index contributed by atoms with van der Waals surface area (Å²) in [7, 11) is 0. The van der Waals surface area contributed by atoms with E-state index in [-0.39, 0.29) is 12.8 Å². The third-order valence-electron chi connectivity index (χ3n) is 4.45. The van der Waals surface area contributed by atoms with E-state index >= 15 is 0 Å². The number of amides is 2. The molecule has 0 fully saturated rings. The molecule has 7 N–H and O–H groups in total. The standard InChI is InChI=1S/C20H32N4O4S/c1-29-12-10-15(22)18(25)24-17(13-14-7-3-2-4-8-14)19(26)23-16(20(27)28)9-5-6-11-21/h2-4,7-8,15-17H,5-6,9-13,21-22H2,1H3,(H,23,26)(H,24,25)(H,27,28)/t15-,16-,17-/m0/s1. The van der Waals surface area contributed by atoms with Gasteiger partial charge in [0, 0.05) is 6.42 Å². The summed E-state index contributed by atoms with van der Waals surface area (Å²) in [5, 5.41) is 14.6. The summed E-state index contributed by atoms with van der Waals surface area (Å²) in [6.45, 7) is 0.459. The second-order valence-corrected chi connectivity index (χ2v) is 7.81. The lowest BCUT2D eigenvalue weighted by Gasteiger charge is -2.23. The molecule has 3 atom stereocenters. The SMILES string of the molecule is CSCC[C@H](N)C(=O)N[C@@H](Cc1ccccc1)C(=O)N[C@@H](CCCCN)C(=O)O. The van der Waals surface area contributed by atoms with Crippen LogP contribution < -0.4 is 22.1 Å². The van der Waals surface area contributed by atoms with E-state index in [2.05, 4.69) is 10.6 Å². The van der Waals surface area contributed by atoms with E-state index in [4.69, 9.17) is 11.5 Å². The quantitative estimate of drug-likeness (QED) is 0.273. The highest BCUT2D eigenvalue weighted by Gasteiger charge is 2.27. The summed E-state index contributed by atoms with van der Waals surface area (Å²) in [6, 6.07) is 6.54. The van der Waals surface area contributed by atoms with Crippen molar-refractivity contribution >= 4 is 29.5 Å². The second kappa shape index (κ2) is 14.0. The Morgan fingerprint density at radius 1 is 1.03 bits per heavy atom. The van der Waals surface area contributed by atoms with Crippen LogP contribution in [0.25, 0.3) is 0 Å². The van der Waals surface area contributed by atoms with Crippen LogP contribution in [-0.2, 0) is 20.8 Å². The van der Waals surface area contributed by atoms with Crippen LogP contribution in [0.2, 0.25) is 0 Å². The number of carboxylic acids is 1. The Kier molecular flexibility index (Phi) is 12.0. The van der Waals surface area contributed by atoms with Gasteiger partial charge in [0.1, 0.15) is 12.1 Å². The molecule has 9 heteroatoms. The van der Waals surface area contributed by atoms with Gasteiger partial charge in [-0.3, -0.25) is 9.59 Å². The molecule has 0 unspecified atom stereocenters. The average molecular weight is 425 g/mol. The van der Waals surface area contributed by atoms with Gasteiger partial charge in [0.05, 0.1) is 6.04 Å². The molecule has 0 bridgehead atoms. The third kappa shape index (κ3) is 9.78. The third-order valence-corrected chi connectivity index (χ3v) is 5.09. The van der Waals surface area contributed by atoms with Crippen LogP contribution >= 0.6 is 11.8 Å². The Labute approximate surface area is 176 Å². The minimum Gasteiger partial charge on any atom is -0.480 e. The number of nitrogens with two attached hydrogens (primary N) is 2. The zero-order valence-electron chi connectivity index (χ0n) is 16.8. The minimum atomic E-state index is -1.11. The fourth-order valence-corrected chi connectivity index (χ4v) is 3.23. The van der Waals surface area contributed by atoms with Crippen molar-refractivity contribution in [3.05, 3.63) is 35.9 Å². The van der Waals surface area contributed by atoms with Crippen LogP contribution in [0.4, 0.5) is 0 Å². The predicted octanol–water partition coefficient (Wildman–Crippen LogP) is 0.493. The number of hydrogen-bond donors (Lipinski definition) is 5. The molecule has 1 aromatic carbocycles. The lowest BCUT2D eigenvalue weighted by Crippen LogP contribution is -2.55. The van der Waals surface area contributed by atoms with Crippen LogP contribution in [-0.4, -0.2) is 59.6 Å². The first kappa shape index (κ1) is 24.9. The van der Waals surface area contributed by atoms with E-state index in [1.807, 2.05) is 36.6 Å². The molecule has 29 heavy (non-hydrogen) atoms. The topological polar surface area (TPSA) is 148 Å². The van der Waals surface area contributed by atoms with E-state index in [9.17, 15) is 19.5 Å². The number of benzene rings is 1. The zero-order chi connectivity index (χ0) is 21.6. The summed E-state index contributed by atoms with van der Waals surface area (Å²) >= 11 is 1.58. The van der Waals surface area contributed by atoms with Gasteiger partial charge in [-0.15, -0.1) is 0 Å². The highest BCUT2D eigenvalue weighted by atomic mass is 32.2. The molecule has 162 valence electrons. The molecule has 2 amide bonds. The van der Waals surface area contributed by atoms with E-state index in [0.717, 1.165) is 11.3 Å². The van der Waals surface area contributed by atoms with Crippen LogP contribution in [0, 0.1) is 0 Å². The van der Waals surface area contributed by atoms with Crippen molar-refractivity contribution in [2.75, 3.05) is 18.6 Å². The summed E-state index contributed by atoms with van der Waals surface area (Å²) in [5.41, 5.74) is 12.2. The molecule has 0 aliphatic rings. The Morgan fingerprint density at radius 2 is 1.69 bits per heavy atom. The maximum absolute atomic E-state index is 12.8. The predicted molar refractivity (Wildman–Crippen MR) is 116 cm³/mol. The maximum Gasteiger partial charge on any atom is 0.326 e. The zero-order valence-corrected chi connectivity index (χ0v) is 17.6. The largest absolute Gasteiger partial charge is 0.480 e. The molecule has 8 nitrogen and oxygen atoms in total. The summed E-state index contributed by atoms with van der Waals surface area (Å²) < 4.78 is 0. The van der Waals surface area contributed by atoms with Gasteiger partial charge in [-0.05, 0) is 49.8 Å². The Bertz CT molecular complexity index is 645. The van der Waals surface area contributed by atoms with E-state index in [0.29, 0.717) is 25.8 Å². The van der Waals surface area contributed by atoms with Gasteiger partial charge in [0.2, 0.25) is 11.8 Å².